The van der Waals surface area contributed by atoms with Crippen LogP contribution in [0.15, 0.2) is 65.2 Å². The second kappa shape index (κ2) is 8.26. The molecule has 0 bridgehead atoms. The van der Waals surface area contributed by atoms with Gasteiger partial charge in [-0.1, -0.05) is 37.7 Å². The van der Waals surface area contributed by atoms with Gasteiger partial charge in [0.25, 0.3) is 0 Å². The van der Waals surface area contributed by atoms with Gasteiger partial charge in [0.2, 0.25) is 0 Å². The molecule has 0 fully saturated rings. The fraction of sp³-hybridized carbons (Fsp3) is 0.280. The zero-order valence-electron chi connectivity index (χ0n) is 18.4. The van der Waals surface area contributed by atoms with E-state index in [9.17, 15) is 9.18 Å². The monoisotopic (exact) mass is 461 g/mol. The van der Waals surface area contributed by atoms with Crippen LogP contribution in [0.3, 0.4) is 0 Å². The molecular formula is C25H24FN5OS. The molecule has 0 amide bonds. The molecule has 168 valence electrons. The smallest absolute Gasteiger partial charge is 0.191 e. The highest BCUT2D eigenvalue weighted by atomic mass is 32.2. The second-order valence-electron chi connectivity index (χ2n) is 9.24. The van der Waals surface area contributed by atoms with Gasteiger partial charge in [0.15, 0.2) is 10.9 Å². The van der Waals surface area contributed by atoms with E-state index >= 15 is 0 Å². The highest BCUT2D eigenvalue weighted by Gasteiger charge is 2.42. The number of hydrogen-bond acceptors (Lipinski definition) is 7. The van der Waals surface area contributed by atoms with Crippen LogP contribution in [0.2, 0.25) is 0 Å². The minimum Gasteiger partial charge on any atom is -0.383 e. The molecule has 0 saturated carbocycles. The van der Waals surface area contributed by atoms with Crippen LogP contribution in [0.1, 0.15) is 49.3 Å². The van der Waals surface area contributed by atoms with E-state index in [2.05, 4.69) is 29.1 Å². The largest absolute Gasteiger partial charge is 0.383 e. The Balaban J connectivity index is 1.55. The molecule has 33 heavy (non-hydrogen) atoms. The normalized spacial score (nSPS) is 19.0. The van der Waals surface area contributed by atoms with Crippen LogP contribution >= 0.6 is 11.8 Å². The Labute approximate surface area is 195 Å². The van der Waals surface area contributed by atoms with Gasteiger partial charge >= 0.3 is 0 Å². The maximum absolute atomic E-state index is 13.3. The Morgan fingerprint density at radius 1 is 1.12 bits per heavy atom. The minimum atomic E-state index is -0.334. The lowest BCUT2D eigenvalue weighted by atomic mass is 9.69. The number of ketones is 1. The number of rotatable bonds is 4. The summed E-state index contributed by atoms with van der Waals surface area (Å²) in [5.41, 5.74) is 10.6. The van der Waals surface area contributed by atoms with Crippen molar-refractivity contribution in [3.63, 3.8) is 0 Å². The first kappa shape index (κ1) is 21.6. The molecule has 0 saturated heterocycles. The van der Waals surface area contributed by atoms with Gasteiger partial charge in [-0.2, -0.15) is 0 Å². The molecule has 5 rings (SSSR count). The van der Waals surface area contributed by atoms with Crippen molar-refractivity contribution in [2.75, 3.05) is 11.1 Å². The fourth-order valence-corrected chi connectivity index (χ4v) is 5.40. The molecule has 1 aliphatic heterocycles. The first-order valence-corrected chi connectivity index (χ1v) is 11.8. The van der Waals surface area contributed by atoms with E-state index in [1.165, 1.54) is 23.9 Å². The first-order chi connectivity index (χ1) is 15.8. The lowest BCUT2D eigenvalue weighted by Gasteiger charge is -2.39. The number of anilines is 2. The van der Waals surface area contributed by atoms with Crippen molar-refractivity contribution in [1.82, 2.24) is 15.0 Å². The lowest BCUT2D eigenvalue weighted by molar-refractivity contribution is -0.118. The van der Waals surface area contributed by atoms with E-state index in [1.807, 2.05) is 12.1 Å². The molecule has 8 heteroatoms. The van der Waals surface area contributed by atoms with Crippen molar-refractivity contribution in [3.8, 4) is 0 Å². The number of thioether (sulfide) groups is 1. The van der Waals surface area contributed by atoms with E-state index in [-0.39, 0.29) is 22.9 Å². The molecule has 2 aromatic heterocycles. The van der Waals surface area contributed by atoms with E-state index in [0.717, 1.165) is 34.4 Å². The number of benzene rings is 1. The quantitative estimate of drug-likeness (QED) is 0.413. The van der Waals surface area contributed by atoms with Crippen LogP contribution in [0, 0.1) is 11.2 Å². The number of nitrogen functional groups attached to an aromatic ring is 1. The number of pyridine rings is 1. The van der Waals surface area contributed by atoms with Crippen molar-refractivity contribution >= 4 is 29.2 Å². The summed E-state index contributed by atoms with van der Waals surface area (Å²) in [6.45, 7) is 4.21. The van der Waals surface area contributed by atoms with Gasteiger partial charge in [0.05, 0.1) is 0 Å². The summed E-state index contributed by atoms with van der Waals surface area (Å²) in [6.07, 6.45) is 4.67. The summed E-state index contributed by atoms with van der Waals surface area (Å²) < 4.78 is 13.2. The van der Waals surface area contributed by atoms with Crippen LogP contribution < -0.4 is 11.1 Å². The van der Waals surface area contributed by atoms with Gasteiger partial charge in [-0.3, -0.25) is 9.78 Å². The number of aromatic nitrogens is 3. The van der Waals surface area contributed by atoms with Crippen LogP contribution in [0.4, 0.5) is 16.0 Å². The summed E-state index contributed by atoms with van der Waals surface area (Å²) in [6, 6.07) is 10.2. The summed E-state index contributed by atoms with van der Waals surface area (Å²) in [5.74, 6) is 1.09. The summed E-state index contributed by atoms with van der Waals surface area (Å²) in [7, 11) is 0. The third-order valence-corrected chi connectivity index (χ3v) is 6.96. The summed E-state index contributed by atoms with van der Waals surface area (Å²) in [4.78, 5) is 26.7. The topological polar surface area (TPSA) is 93.8 Å². The van der Waals surface area contributed by atoms with Crippen molar-refractivity contribution in [1.29, 1.82) is 0 Å². The van der Waals surface area contributed by atoms with Gasteiger partial charge in [-0.15, -0.1) is 0 Å². The molecule has 1 aliphatic carbocycles. The van der Waals surface area contributed by atoms with Gasteiger partial charge in [-0.05, 0) is 47.2 Å². The van der Waals surface area contributed by atoms with E-state index in [0.29, 0.717) is 29.0 Å². The van der Waals surface area contributed by atoms with E-state index in [4.69, 9.17) is 10.7 Å². The second-order valence-corrected chi connectivity index (χ2v) is 10.2. The molecule has 0 spiro atoms. The van der Waals surface area contributed by atoms with E-state index < -0.39 is 0 Å². The van der Waals surface area contributed by atoms with Gasteiger partial charge in [0, 0.05) is 47.3 Å². The van der Waals surface area contributed by atoms with Gasteiger partial charge < -0.3 is 11.1 Å². The minimum absolute atomic E-state index is 0.121. The number of hydrogen-bond donors (Lipinski definition) is 2. The van der Waals surface area contributed by atoms with Crippen molar-refractivity contribution < 1.29 is 9.18 Å². The molecule has 0 unspecified atom stereocenters. The molecule has 6 nitrogen and oxygen atoms in total. The Morgan fingerprint density at radius 2 is 1.85 bits per heavy atom. The van der Waals surface area contributed by atoms with E-state index in [1.54, 1.807) is 24.5 Å². The van der Waals surface area contributed by atoms with Crippen LogP contribution in [0.5, 0.6) is 0 Å². The van der Waals surface area contributed by atoms with Crippen LogP contribution in [0.25, 0.3) is 0 Å². The number of nitrogens with two attached hydrogens (primary N) is 1. The molecule has 1 atom stereocenters. The Hall–Kier alpha value is -3.26. The number of Topliss-reactive ketones (excluding diaryl/α,β-unsaturated/α-hetero) is 1. The summed E-state index contributed by atoms with van der Waals surface area (Å²) in [5, 5.41) is 3.95. The molecule has 0 radical (unpaired) electrons. The highest BCUT2D eigenvalue weighted by molar-refractivity contribution is 7.98. The number of fused-ring (bicyclic) bond motifs is 1. The molecule has 2 aliphatic rings. The fourth-order valence-electron chi connectivity index (χ4n) is 4.60. The summed E-state index contributed by atoms with van der Waals surface area (Å²) >= 11 is 1.44. The molecule has 3 aromatic rings. The Morgan fingerprint density at radius 3 is 2.58 bits per heavy atom. The average molecular weight is 462 g/mol. The van der Waals surface area contributed by atoms with Crippen LogP contribution in [-0.2, 0) is 10.5 Å². The lowest BCUT2D eigenvalue weighted by Crippen LogP contribution is -2.34. The maximum atomic E-state index is 13.3. The SMILES string of the molecule is CC1(C)CC(=O)C2=C(C1)Nc1nc(SCc3ccc(F)cc3)nc(N)c1[C@@H]2c1ccncc1. The van der Waals surface area contributed by atoms with Crippen LogP contribution in [-0.4, -0.2) is 20.7 Å². The zero-order valence-corrected chi connectivity index (χ0v) is 19.2. The van der Waals surface area contributed by atoms with Gasteiger partial charge in [-0.25, -0.2) is 14.4 Å². The molecule has 3 heterocycles. The molecule has 1 aromatic carbocycles. The Kier molecular flexibility index (Phi) is 5.40. The predicted octanol–water partition coefficient (Wildman–Crippen LogP) is 5.09. The maximum Gasteiger partial charge on any atom is 0.191 e. The zero-order chi connectivity index (χ0) is 23.2. The molecular weight excluding hydrogens is 437 g/mol. The van der Waals surface area contributed by atoms with Gasteiger partial charge in [0.1, 0.15) is 17.5 Å². The van der Waals surface area contributed by atoms with Crippen molar-refractivity contribution in [3.05, 3.63) is 82.6 Å². The third kappa shape index (κ3) is 4.23. The number of halogens is 1. The molecule has 3 N–H and O–H groups in total. The number of carbonyl (C=O) groups excluding carboxylic acids is 1. The number of nitrogens with zero attached hydrogens (tertiary/aromatic N) is 3. The number of carbonyl (C=O) groups is 1. The third-order valence-electron chi connectivity index (χ3n) is 6.04. The Bertz CT molecular complexity index is 1260. The highest BCUT2D eigenvalue weighted by Crippen LogP contribution is 2.50. The predicted molar refractivity (Wildman–Crippen MR) is 127 cm³/mol. The average Bonchev–Trinajstić information content (AvgIpc) is 2.77. The number of allylic oxidation sites excluding steroid dienone is 2. The number of nitrogens with one attached hydrogen (secondary N) is 1. The standard InChI is InChI=1S/C25H24FN5OS/c1-25(2)11-17-20(18(32)12-25)19(15-7-9-28-10-8-15)21-22(27)30-24(31-23(21)29-17)33-13-14-3-5-16(26)6-4-14/h3-10,19H,11-13H2,1-2H3,(H3,27,29,30,31)/t19-/m1/s1. The van der Waals surface area contributed by atoms with Crippen molar-refractivity contribution in [2.24, 2.45) is 5.41 Å². The van der Waals surface area contributed by atoms with Crippen molar-refractivity contribution in [2.45, 2.75) is 43.5 Å². The first-order valence-electron chi connectivity index (χ1n) is 10.8.